The van der Waals surface area contributed by atoms with Crippen molar-refractivity contribution in [2.75, 3.05) is 7.11 Å². The highest BCUT2D eigenvalue weighted by Crippen LogP contribution is 2.43. The first kappa shape index (κ1) is 16.0. The molecule has 4 nitrogen and oxygen atoms in total. The van der Waals surface area contributed by atoms with Crippen LogP contribution in [0.2, 0.25) is 4.34 Å². The Morgan fingerprint density at radius 3 is 2.43 bits per heavy atom. The molecule has 0 bridgehead atoms. The van der Waals surface area contributed by atoms with E-state index in [1.807, 2.05) is 30.3 Å². The summed E-state index contributed by atoms with van der Waals surface area (Å²) in [5.74, 6) is 0.398. The lowest BCUT2D eigenvalue weighted by Crippen LogP contribution is -2.00. The Hall–Kier alpha value is -1.89. The van der Waals surface area contributed by atoms with Crippen molar-refractivity contribution < 1.29 is 14.3 Å². The first-order chi connectivity index (χ1) is 11.1. The molecule has 0 fully saturated rings. The van der Waals surface area contributed by atoms with Gasteiger partial charge in [0.25, 0.3) is 0 Å². The molecule has 3 aromatic rings. The summed E-state index contributed by atoms with van der Waals surface area (Å²) in [5, 5.41) is 1.24. The highest BCUT2D eigenvalue weighted by Gasteiger charge is 2.18. The molecule has 0 saturated carbocycles. The van der Waals surface area contributed by atoms with Crippen molar-refractivity contribution in [2.24, 2.45) is 0 Å². The fraction of sp³-hybridized carbons (Fsp3) is 0.125. The quantitative estimate of drug-likeness (QED) is 0.601. The number of nitrogens with zero attached hydrogens (tertiary/aromatic N) is 1. The number of carbonyl (C=O) groups excluding carboxylic acids is 1. The van der Waals surface area contributed by atoms with E-state index in [9.17, 15) is 4.79 Å². The van der Waals surface area contributed by atoms with Crippen LogP contribution in [-0.2, 0) is 4.79 Å². The number of ether oxygens (including phenoxy) is 2. The lowest BCUT2D eigenvalue weighted by molar-refractivity contribution is -0.131. The van der Waals surface area contributed by atoms with Crippen LogP contribution < -0.4 is 9.47 Å². The predicted octanol–water partition coefficient (Wildman–Crippen LogP) is 5.13. The molecule has 0 N–H and O–H groups in total. The van der Waals surface area contributed by atoms with Gasteiger partial charge in [0, 0.05) is 12.5 Å². The number of benzene rings is 1. The van der Waals surface area contributed by atoms with E-state index in [4.69, 9.17) is 21.1 Å². The molecule has 23 heavy (non-hydrogen) atoms. The van der Waals surface area contributed by atoms with E-state index in [-0.39, 0.29) is 5.97 Å². The normalized spacial score (nSPS) is 10.6. The van der Waals surface area contributed by atoms with E-state index in [1.54, 1.807) is 13.2 Å². The number of thiophene rings is 1. The minimum atomic E-state index is -0.376. The van der Waals surface area contributed by atoms with Gasteiger partial charge in [-0.25, -0.2) is 4.98 Å². The maximum atomic E-state index is 11.3. The van der Waals surface area contributed by atoms with Gasteiger partial charge < -0.3 is 9.47 Å². The Balaban J connectivity index is 2.04. The van der Waals surface area contributed by atoms with Crippen molar-refractivity contribution in [2.45, 2.75) is 6.92 Å². The summed E-state index contributed by atoms with van der Waals surface area (Å²) in [6, 6.07) is 11.2. The number of thiazole rings is 1. The topological polar surface area (TPSA) is 48.4 Å². The third-order valence-electron chi connectivity index (χ3n) is 2.98. The third-order valence-corrected chi connectivity index (χ3v) is 5.20. The second kappa shape index (κ2) is 6.70. The first-order valence-corrected chi connectivity index (χ1v) is 8.67. The Morgan fingerprint density at radius 1 is 1.13 bits per heavy atom. The van der Waals surface area contributed by atoms with E-state index in [2.05, 4.69) is 4.98 Å². The zero-order valence-corrected chi connectivity index (χ0v) is 14.7. The van der Waals surface area contributed by atoms with Gasteiger partial charge in [0.05, 0.1) is 16.3 Å². The summed E-state index contributed by atoms with van der Waals surface area (Å²) in [6.07, 6.45) is 0. The number of methoxy groups -OCH3 is 1. The number of halogens is 1. The van der Waals surface area contributed by atoms with E-state index in [0.29, 0.717) is 15.1 Å². The van der Waals surface area contributed by atoms with E-state index < -0.39 is 0 Å². The number of rotatable bonds is 4. The molecule has 1 aromatic carbocycles. The average molecular weight is 366 g/mol. The third kappa shape index (κ3) is 3.55. The van der Waals surface area contributed by atoms with Gasteiger partial charge in [0.2, 0.25) is 5.06 Å². The molecule has 7 heteroatoms. The second-order valence-corrected chi connectivity index (χ2v) is 7.26. The zero-order valence-electron chi connectivity index (χ0n) is 12.3. The van der Waals surface area contributed by atoms with Gasteiger partial charge >= 0.3 is 5.97 Å². The second-order valence-electron chi connectivity index (χ2n) is 4.58. The van der Waals surface area contributed by atoms with Crippen molar-refractivity contribution >= 4 is 40.2 Å². The van der Waals surface area contributed by atoms with Gasteiger partial charge in [0.15, 0.2) is 0 Å². The standard InChI is InChI=1S/C16H12ClNO3S2/c1-9(19)21-16-14(12-7-8-13(17)22-12)18-15(23-16)10-3-5-11(20-2)6-4-10/h3-8H,1-2H3. The fourth-order valence-corrected chi connectivity index (χ4v) is 4.03. The summed E-state index contributed by atoms with van der Waals surface area (Å²) >= 11 is 8.72. The van der Waals surface area contributed by atoms with Crippen LogP contribution in [0.4, 0.5) is 0 Å². The molecule has 2 aromatic heterocycles. The van der Waals surface area contributed by atoms with Gasteiger partial charge in [-0.1, -0.05) is 22.9 Å². The predicted molar refractivity (Wildman–Crippen MR) is 93.7 cm³/mol. The fourth-order valence-electron chi connectivity index (χ4n) is 1.96. The molecule has 0 unspecified atom stereocenters. The average Bonchev–Trinajstić information content (AvgIpc) is 3.13. The molecular formula is C16H12ClNO3S2. The van der Waals surface area contributed by atoms with Crippen LogP contribution in [0.3, 0.4) is 0 Å². The van der Waals surface area contributed by atoms with Crippen molar-refractivity contribution in [3.63, 3.8) is 0 Å². The largest absolute Gasteiger partial charge is 0.497 e. The van der Waals surface area contributed by atoms with E-state index >= 15 is 0 Å². The van der Waals surface area contributed by atoms with Crippen LogP contribution in [0.15, 0.2) is 36.4 Å². The zero-order chi connectivity index (χ0) is 16.4. The Labute approximate surface area is 146 Å². The summed E-state index contributed by atoms with van der Waals surface area (Å²) < 4.78 is 11.1. The summed E-state index contributed by atoms with van der Waals surface area (Å²) in [4.78, 5) is 16.8. The number of aromatic nitrogens is 1. The van der Waals surface area contributed by atoms with Crippen LogP contribution in [-0.4, -0.2) is 18.1 Å². The maximum Gasteiger partial charge on any atom is 0.308 e. The van der Waals surface area contributed by atoms with Crippen LogP contribution in [0.1, 0.15) is 6.92 Å². The van der Waals surface area contributed by atoms with E-state index in [1.165, 1.54) is 29.6 Å². The minimum absolute atomic E-state index is 0.376. The molecule has 2 heterocycles. The molecule has 0 aliphatic carbocycles. The smallest absolute Gasteiger partial charge is 0.308 e. The van der Waals surface area contributed by atoms with Crippen molar-refractivity contribution in [3.8, 4) is 32.0 Å². The highest BCUT2D eigenvalue weighted by atomic mass is 35.5. The van der Waals surface area contributed by atoms with Crippen molar-refractivity contribution in [1.82, 2.24) is 4.98 Å². The monoisotopic (exact) mass is 365 g/mol. The lowest BCUT2D eigenvalue weighted by atomic mass is 10.2. The van der Waals surface area contributed by atoms with Gasteiger partial charge in [-0.15, -0.1) is 11.3 Å². The van der Waals surface area contributed by atoms with Gasteiger partial charge in [-0.3, -0.25) is 4.79 Å². The lowest BCUT2D eigenvalue weighted by Gasteiger charge is -1.99. The summed E-state index contributed by atoms with van der Waals surface area (Å²) in [5.41, 5.74) is 1.56. The molecule has 0 aliphatic heterocycles. The molecule has 0 saturated heterocycles. The SMILES string of the molecule is COc1ccc(-c2nc(-c3ccc(Cl)s3)c(OC(C)=O)s2)cc1. The summed E-state index contributed by atoms with van der Waals surface area (Å²) in [6.45, 7) is 1.37. The molecular weight excluding hydrogens is 354 g/mol. The van der Waals surface area contributed by atoms with Gasteiger partial charge in [-0.2, -0.15) is 0 Å². The Morgan fingerprint density at radius 2 is 1.87 bits per heavy atom. The Bertz CT molecular complexity index is 839. The number of esters is 1. The van der Waals surface area contributed by atoms with Crippen LogP contribution in [0, 0.1) is 0 Å². The van der Waals surface area contributed by atoms with Crippen LogP contribution in [0.25, 0.3) is 21.1 Å². The van der Waals surface area contributed by atoms with Gasteiger partial charge in [0.1, 0.15) is 16.5 Å². The maximum absolute atomic E-state index is 11.3. The molecule has 0 spiro atoms. The van der Waals surface area contributed by atoms with Crippen LogP contribution >= 0.6 is 34.3 Å². The minimum Gasteiger partial charge on any atom is -0.497 e. The van der Waals surface area contributed by atoms with Crippen LogP contribution in [0.5, 0.6) is 10.8 Å². The molecule has 0 atom stereocenters. The molecule has 0 radical (unpaired) electrons. The highest BCUT2D eigenvalue weighted by molar-refractivity contribution is 7.20. The van der Waals surface area contributed by atoms with Crippen molar-refractivity contribution in [1.29, 1.82) is 0 Å². The van der Waals surface area contributed by atoms with Crippen molar-refractivity contribution in [3.05, 3.63) is 40.7 Å². The first-order valence-electron chi connectivity index (χ1n) is 6.66. The number of hydrogen-bond donors (Lipinski definition) is 0. The number of carbonyl (C=O) groups is 1. The molecule has 0 amide bonds. The summed E-state index contributed by atoms with van der Waals surface area (Å²) in [7, 11) is 1.62. The van der Waals surface area contributed by atoms with Gasteiger partial charge in [-0.05, 0) is 36.4 Å². The Kier molecular flexibility index (Phi) is 4.66. The van der Waals surface area contributed by atoms with E-state index in [0.717, 1.165) is 21.2 Å². The number of hydrogen-bond acceptors (Lipinski definition) is 6. The molecule has 0 aliphatic rings. The molecule has 3 rings (SSSR count). The molecule has 118 valence electrons.